The van der Waals surface area contributed by atoms with Crippen molar-refractivity contribution < 1.29 is 14.7 Å². The van der Waals surface area contributed by atoms with Crippen LogP contribution in [0.25, 0.3) is 0 Å². The minimum Gasteiger partial charge on any atom is -0.384 e. The molecule has 0 spiro atoms. The van der Waals surface area contributed by atoms with Crippen molar-refractivity contribution in [3.8, 4) is 11.8 Å². The lowest BCUT2D eigenvalue weighted by molar-refractivity contribution is 0.112. The molecule has 0 amide bonds. The molecule has 0 heterocycles. The number of aldehydes is 2. The molecule has 1 N–H and O–H groups in total. The summed E-state index contributed by atoms with van der Waals surface area (Å²) in [5, 5.41) is 8.47. The summed E-state index contributed by atoms with van der Waals surface area (Å²) in [4.78, 5) is 21.0. The Bertz CT molecular complexity index is 384. The smallest absolute Gasteiger partial charge is 0.150 e. The summed E-state index contributed by atoms with van der Waals surface area (Å²) in [6.45, 7) is -0.248. The van der Waals surface area contributed by atoms with Crippen LogP contribution in [0.2, 0.25) is 0 Å². The largest absolute Gasteiger partial charge is 0.384 e. The lowest BCUT2D eigenvalue weighted by atomic mass is 10.1. The molecule has 1 aromatic carbocycles. The molecular formula is C11H8O3. The maximum atomic E-state index is 10.5. The summed E-state index contributed by atoms with van der Waals surface area (Å²) in [6, 6.07) is 4.59. The number of hydrogen-bond acceptors (Lipinski definition) is 3. The van der Waals surface area contributed by atoms with Crippen LogP contribution >= 0.6 is 0 Å². The molecule has 0 saturated carbocycles. The van der Waals surface area contributed by atoms with E-state index in [2.05, 4.69) is 11.8 Å². The normalized spacial score (nSPS) is 8.64. The first-order chi connectivity index (χ1) is 6.80. The molecule has 0 aromatic heterocycles. The van der Waals surface area contributed by atoms with Gasteiger partial charge >= 0.3 is 0 Å². The number of hydrogen-bond donors (Lipinski definition) is 1. The van der Waals surface area contributed by atoms with Gasteiger partial charge in [0.2, 0.25) is 0 Å². The van der Waals surface area contributed by atoms with Crippen LogP contribution in [0.5, 0.6) is 0 Å². The number of aliphatic hydroxyl groups is 1. The summed E-state index contributed by atoms with van der Waals surface area (Å²) in [5.74, 6) is 5.07. The molecule has 0 unspecified atom stereocenters. The topological polar surface area (TPSA) is 54.4 Å². The van der Waals surface area contributed by atoms with Crippen molar-refractivity contribution in [1.82, 2.24) is 0 Å². The van der Waals surface area contributed by atoms with Crippen molar-refractivity contribution >= 4 is 12.6 Å². The van der Waals surface area contributed by atoms with Gasteiger partial charge in [0.15, 0.2) is 0 Å². The van der Waals surface area contributed by atoms with Gasteiger partial charge in [-0.05, 0) is 18.2 Å². The first kappa shape index (κ1) is 10.2. The molecule has 70 valence electrons. The molecular weight excluding hydrogens is 180 g/mol. The monoisotopic (exact) mass is 188 g/mol. The lowest BCUT2D eigenvalue weighted by Gasteiger charge is -1.95. The van der Waals surface area contributed by atoms with Crippen molar-refractivity contribution in [3.05, 3.63) is 34.9 Å². The predicted molar refractivity (Wildman–Crippen MR) is 51.2 cm³/mol. The predicted octanol–water partition coefficient (Wildman–Crippen LogP) is 0.655. The molecule has 0 bridgehead atoms. The summed E-state index contributed by atoms with van der Waals surface area (Å²) >= 11 is 0. The molecule has 0 aliphatic heterocycles. The molecule has 3 heteroatoms. The maximum absolute atomic E-state index is 10.5. The second-order valence-electron chi connectivity index (χ2n) is 2.58. The van der Waals surface area contributed by atoms with Gasteiger partial charge in [0.1, 0.15) is 19.2 Å². The van der Waals surface area contributed by atoms with E-state index in [-0.39, 0.29) is 6.61 Å². The standard InChI is InChI=1S/C11H8O3/c12-3-1-2-9-4-10(7-13)6-11(5-9)8-14/h4-8,12H,3H2. The molecule has 0 aliphatic carbocycles. The zero-order valence-corrected chi connectivity index (χ0v) is 7.36. The van der Waals surface area contributed by atoms with E-state index in [1.807, 2.05) is 0 Å². The van der Waals surface area contributed by atoms with Crippen LogP contribution in [-0.2, 0) is 0 Å². The fourth-order valence-electron chi connectivity index (χ4n) is 1.03. The first-order valence-corrected chi connectivity index (χ1v) is 3.95. The van der Waals surface area contributed by atoms with Crippen LogP contribution < -0.4 is 0 Å². The van der Waals surface area contributed by atoms with Gasteiger partial charge in [-0.3, -0.25) is 9.59 Å². The van der Waals surface area contributed by atoms with Crippen LogP contribution in [0.4, 0.5) is 0 Å². The fourth-order valence-corrected chi connectivity index (χ4v) is 1.03. The van der Waals surface area contributed by atoms with Gasteiger partial charge in [0.25, 0.3) is 0 Å². The minimum atomic E-state index is -0.248. The number of benzene rings is 1. The van der Waals surface area contributed by atoms with Crippen molar-refractivity contribution in [2.24, 2.45) is 0 Å². The van der Waals surface area contributed by atoms with Gasteiger partial charge < -0.3 is 5.11 Å². The van der Waals surface area contributed by atoms with Gasteiger partial charge in [0, 0.05) is 16.7 Å². The van der Waals surface area contributed by atoms with E-state index in [1.165, 1.54) is 6.07 Å². The van der Waals surface area contributed by atoms with Crippen LogP contribution in [0.3, 0.4) is 0 Å². The highest BCUT2D eigenvalue weighted by molar-refractivity contribution is 5.83. The molecule has 1 rings (SSSR count). The Hall–Kier alpha value is -1.92. The third kappa shape index (κ3) is 2.54. The first-order valence-electron chi connectivity index (χ1n) is 3.95. The summed E-state index contributed by atoms with van der Waals surface area (Å²) < 4.78 is 0. The van der Waals surface area contributed by atoms with E-state index in [1.54, 1.807) is 12.1 Å². The Balaban J connectivity index is 3.16. The molecule has 1 aromatic rings. The minimum absolute atomic E-state index is 0.248. The second kappa shape index (κ2) is 4.95. The van der Waals surface area contributed by atoms with Crippen LogP contribution in [0, 0.1) is 11.8 Å². The van der Waals surface area contributed by atoms with Gasteiger partial charge in [-0.2, -0.15) is 0 Å². The number of carbonyl (C=O) groups excluding carboxylic acids is 2. The molecule has 14 heavy (non-hydrogen) atoms. The Morgan fingerprint density at radius 3 is 2.14 bits per heavy atom. The average molecular weight is 188 g/mol. The van der Waals surface area contributed by atoms with Gasteiger partial charge in [0.05, 0.1) is 0 Å². The quantitative estimate of drug-likeness (QED) is 0.547. The van der Waals surface area contributed by atoms with Gasteiger partial charge in [-0.1, -0.05) is 11.8 Å². The highest BCUT2D eigenvalue weighted by atomic mass is 16.2. The number of aliphatic hydroxyl groups excluding tert-OH is 1. The number of rotatable bonds is 2. The Morgan fingerprint density at radius 2 is 1.71 bits per heavy atom. The molecule has 0 aliphatic rings. The van der Waals surface area contributed by atoms with Crippen LogP contribution in [-0.4, -0.2) is 24.3 Å². The zero-order valence-electron chi connectivity index (χ0n) is 7.36. The average Bonchev–Trinajstić information content (AvgIpc) is 2.25. The molecule has 0 saturated heterocycles. The van der Waals surface area contributed by atoms with E-state index in [9.17, 15) is 9.59 Å². The molecule has 0 radical (unpaired) electrons. The fraction of sp³-hybridized carbons (Fsp3) is 0.0909. The van der Waals surface area contributed by atoms with E-state index in [0.29, 0.717) is 29.3 Å². The Labute approximate surface area is 81.4 Å². The van der Waals surface area contributed by atoms with E-state index >= 15 is 0 Å². The van der Waals surface area contributed by atoms with Crippen molar-refractivity contribution in [2.45, 2.75) is 0 Å². The van der Waals surface area contributed by atoms with E-state index in [0.717, 1.165) is 0 Å². The highest BCUT2D eigenvalue weighted by Crippen LogP contribution is 2.06. The summed E-state index contributed by atoms with van der Waals surface area (Å²) in [7, 11) is 0. The van der Waals surface area contributed by atoms with Crippen LogP contribution in [0.15, 0.2) is 18.2 Å². The summed E-state index contributed by atoms with van der Waals surface area (Å²) in [6.07, 6.45) is 1.30. The lowest BCUT2D eigenvalue weighted by Crippen LogP contribution is -1.88. The Morgan fingerprint density at radius 1 is 1.14 bits per heavy atom. The van der Waals surface area contributed by atoms with Crippen molar-refractivity contribution in [2.75, 3.05) is 6.61 Å². The molecule has 0 atom stereocenters. The van der Waals surface area contributed by atoms with E-state index in [4.69, 9.17) is 5.11 Å². The van der Waals surface area contributed by atoms with E-state index < -0.39 is 0 Å². The zero-order chi connectivity index (χ0) is 10.4. The second-order valence-corrected chi connectivity index (χ2v) is 2.58. The highest BCUT2D eigenvalue weighted by Gasteiger charge is 1.97. The van der Waals surface area contributed by atoms with Crippen molar-refractivity contribution in [1.29, 1.82) is 0 Å². The van der Waals surface area contributed by atoms with Gasteiger partial charge in [-0.15, -0.1) is 0 Å². The SMILES string of the molecule is O=Cc1cc(C#CCO)cc(C=O)c1. The van der Waals surface area contributed by atoms with Crippen LogP contribution in [0.1, 0.15) is 26.3 Å². The van der Waals surface area contributed by atoms with Gasteiger partial charge in [-0.25, -0.2) is 0 Å². The third-order valence-electron chi connectivity index (χ3n) is 1.56. The maximum Gasteiger partial charge on any atom is 0.150 e. The van der Waals surface area contributed by atoms with Crippen molar-refractivity contribution in [3.63, 3.8) is 0 Å². The summed E-state index contributed by atoms with van der Waals surface area (Å²) in [5.41, 5.74) is 1.35. The Kier molecular flexibility index (Phi) is 3.59. The molecule has 0 fully saturated rings. The number of carbonyl (C=O) groups is 2. The molecule has 3 nitrogen and oxygen atoms in total. The third-order valence-corrected chi connectivity index (χ3v) is 1.56.